The zero-order chi connectivity index (χ0) is 22.2. The largest absolute Gasteiger partial charge is 0.456 e. The Labute approximate surface area is 193 Å². The SMILES string of the molecule is CC1(C)c2ccccc2-c2c(Cc3ccc4c(c3)oc3ccc5ccccc5c34)cccc21. The Kier molecular flexibility index (Phi) is 3.73. The number of fused-ring (bicyclic) bond motifs is 8. The van der Waals surface area contributed by atoms with E-state index in [-0.39, 0.29) is 5.41 Å². The Balaban J connectivity index is 1.38. The average molecular weight is 425 g/mol. The molecule has 1 heterocycles. The van der Waals surface area contributed by atoms with Crippen molar-refractivity contribution in [2.75, 3.05) is 0 Å². The molecule has 0 saturated heterocycles. The Hall–Kier alpha value is -3.84. The molecule has 0 amide bonds. The first-order valence-electron chi connectivity index (χ1n) is 11.7. The van der Waals surface area contributed by atoms with Gasteiger partial charge < -0.3 is 4.42 Å². The number of rotatable bonds is 2. The van der Waals surface area contributed by atoms with Crippen LogP contribution in [0.2, 0.25) is 0 Å². The van der Waals surface area contributed by atoms with Gasteiger partial charge in [-0.15, -0.1) is 0 Å². The lowest BCUT2D eigenvalue weighted by Crippen LogP contribution is -2.14. The summed E-state index contributed by atoms with van der Waals surface area (Å²) in [7, 11) is 0. The zero-order valence-corrected chi connectivity index (χ0v) is 18.9. The molecule has 0 radical (unpaired) electrons. The second-order valence-corrected chi connectivity index (χ2v) is 9.78. The van der Waals surface area contributed by atoms with Gasteiger partial charge in [0, 0.05) is 16.2 Å². The van der Waals surface area contributed by atoms with E-state index in [0.717, 1.165) is 17.6 Å². The van der Waals surface area contributed by atoms with Crippen molar-refractivity contribution in [1.29, 1.82) is 0 Å². The highest BCUT2D eigenvalue weighted by Gasteiger charge is 2.36. The van der Waals surface area contributed by atoms with Gasteiger partial charge in [0.2, 0.25) is 0 Å². The van der Waals surface area contributed by atoms with Crippen molar-refractivity contribution < 1.29 is 4.42 Å². The van der Waals surface area contributed by atoms with Crippen molar-refractivity contribution in [3.63, 3.8) is 0 Å². The second-order valence-electron chi connectivity index (χ2n) is 9.78. The highest BCUT2D eigenvalue weighted by atomic mass is 16.3. The molecule has 1 heteroatoms. The standard InChI is InChI=1S/C32H24O/c1-32(2)26-12-6-5-11-24(26)30-22(9-7-13-27(30)32)18-20-14-16-25-29(19-20)33-28-17-15-21-8-3-4-10-23(21)31(25)28/h3-17,19H,18H2,1-2H3. The smallest absolute Gasteiger partial charge is 0.136 e. The van der Waals surface area contributed by atoms with Gasteiger partial charge in [-0.1, -0.05) is 98.8 Å². The van der Waals surface area contributed by atoms with Crippen molar-refractivity contribution in [2.24, 2.45) is 0 Å². The van der Waals surface area contributed by atoms with E-state index in [0.29, 0.717) is 0 Å². The van der Waals surface area contributed by atoms with Gasteiger partial charge >= 0.3 is 0 Å². The van der Waals surface area contributed by atoms with Gasteiger partial charge in [0.15, 0.2) is 0 Å². The molecule has 0 unspecified atom stereocenters. The Morgan fingerprint density at radius 1 is 0.667 bits per heavy atom. The van der Waals surface area contributed by atoms with Gasteiger partial charge in [-0.3, -0.25) is 0 Å². The van der Waals surface area contributed by atoms with Crippen LogP contribution in [0.5, 0.6) is 0 Å². The summed E-state index contributed by atoms with van der Waals surface area (Å²) in [6.07, 6.45) is 0.890. The predicted octanol–water partition coefficient (Wildman–Crippen LogP) is 8.64. The first kappa shape index (κ1) is 18.7. The number of hydrogen-bond donors (Lipinski definition) is 0. The number of hydrogen-bond acceptors (Lipinski definition) is 1. The van der Waals surface area contributed by atoms with Crippen molar-refractivity contribution in [3.05, 3.63) is 119 Å². The van der Waals surface area contributed by atoms with E-state index in [1.165, 1.54) is 54.9 Å². The van der Waals surface area contributed by atoms with E-state index >= 15 is 0 Å². The Morgan fingerprint density at radius 3 is 2.42 bits per heavy atom. The van der Waals surface area contributed by atoms with E-state index in [1.54, 1.807) is 0 Å². The maximum Gasteiger partial charge on any atom is 0.136 e. The molecule has 158 valence electrons. The maximum absolute atomic E-state index is 6.32. The molecule has 1 nitrogen and oxygen atoms in total. The molecule has 7 rings (SSSR count). The lowest BCUT2D eigenvalue weighted by Gasteiger charge is -2.21. The molecular formula is C32H24O. The molecule has 5 aromatic carbocycles. The number of furan rings is 1. The third-order valence-corrected chi connectivity index (χ3v) is 7.51. The molecule has 1 aliphatic carbocycles. The summed E-state index contributed by atoms with van der Waals surface area (Å²) in [5.74, 6) is 0. The lowest BCUT2D eigenvalue weighted by atomic mass is 9.82. The van der Waals surface area contributed by atoms with Gasteiger partial charge in [0.05, 0.1) is 0 Å². The van der Waals surface area contributed by atoms with Gasteiger partial charge in [-0.2, -0.15) is 0 Å². The minimum Gasteiger partial charge on any atom is -0.456 e. The van der Waals surface area contributed by atoms with Crippen LogP contribution in [0, 0.1) is 0 Å². The summed E-state index contributed by atoms with van der Waals surface area (Å²) in [6.45, 7) is 4.68. The van der Waals surface area contributed by atoms with Gasteiger partial charge in [-0.05, 0) is 62.7 Å². The zero-order valence-electron chi connectivity index (χ0n) is 18.9. The topological polar surface area (TPSA) is 13.1 Å². The third-order valence-electron chi connectivity index (χ3n) is 7.51. The molecule has 0 saturated carbocycles. The van der Waals surface area contributed by atoms with Crippen molar-refractivity contribution >= 4 is 32.7 Å². The molecule has 33 heavy (non-hydrogen) atoms. The quantitative estimate of drug-likeness (QED) is 0.271. The lowest BCUT2D eigenvalue weighted by molar-refractivity contribution is 0.660. The average Bonchev–Trinajstić information content (AvgIpc) is 3.32. The molecule has 0 atom stereocenters. The fourth-order valence-corrected chi connectivity index (χ4v) is 5.90. The van der Waals surface area contributed by atoms with E-state index < -0.39 is 0 Å². The van der Waals surface area contributed by atoms with Gasteiger partial charge in [0.1, 0.15) is 11.2 Å². The monoisotopic (exact) mass is 424 g/mol. The molecule has 0 aliphatic heterocycles. The van der Waals surface area contributed by atoms with E-state index in [4.69, 9.17) is 4.42 Å². The summed E-state index contributed by atoms with van der Waals surface area (Å²) in [5.41, 5.74) is 10.3. The fourth-order valence-electron chi connectivity index (χ4n) is 5.90. The van der Waals surface area contributed by atoms with Crippen LogP contribution >= 0.6 is 0 Å². The van der Waals surface area contributed by atoms with Crippen LogP contribution in [0.1, 0.15) is 36.1 Å². The van der Waals surface area contributed by atoms with E-state index in [2.05, 4.69) is 111 Å². The van der Waals surface area contributed by atoms with Crippen LogP contribution < -0.4 is 0 Å². The normalized spacial score (nSPS) is 14.1. The summed E-state index contributed by atoms with van der Waals surface area (Å²) in [4.78, 5) is 0. The number of benzene rings is 5. The van der Waals surface area contributed by atoms with Crippen LogP contribution in [0.15, 0.2) is 101 Å². The predicted molar refractivity (Wildman–Crippen MR) is 138 cm³/mol. The summed E-state index contributed by atoms with van der Waals surface area (Å²) in [6, 6.07) is 35.2. The molecule has 1 aliphatic rings. The van der Waals surface area contributed by atoms with Crippen LogP contribution in [0.4, 0.5) is 0 Å². The maximum atomic E-state index is 6.32. The Bertz CT molecular complexity index is 1710. The van der Waals surface area contributed by atoms with Crippen molar-refractivity contribution in [3.8, 4) is 11.1 Å². The van der Waals surface area contributed by atoms with Crippen molar-refractivity contribution in [2.45, 2.75) is 25.7 Å². The minimum absolute atomic E-state index is 0.0334. The molecule has 6 aromatic rings. The molecule has 1 aromatic heterocycles. The molecule has 0 spiro atoms. The molecule has 0 N–H and O–H groups in total. The van der Waals surface area contributed by atoms with Crippen LogP contribution in [-0.4, -0.2) is 0 Å². The highest BCUT2D eigenvalue weighted by molar-refractivity contribution is 6.18. The first-order chi connectivity index (χ1) is 16.1. The molecular weight excluding hydrogens is 400 g/mol. The molecule has 0 fully saturated rings. The van der Waals surface area contributed by atoms with Crippen LogP contribution in [0.3, 0.4) is 0 Å². The Morgan fingerprint density at radius 2 is 1.48 bits per heavy atom. The second kappa shape index (κ2) is 6.59. The molecule has 0 bridgehead atoms. The highest BCUT2D eigenvalue weighted by Crippen LogP contribution is 2.50. The fraction of sp³-hybridized carbons (Fsp3) is 0.125. The van der Waals surface area contributed by atoms with Crippen LogP contribution in [-0.2, 0) is 11.8 Å². The summed E-state index contributed by atoms with van der Waals surface area (Å²) in [5, 5.41) is 4.90. The third kappa shape index (κ3) is 2.60. The van der Waals surface area contributed by atoms with Gasteiger partial charge in [0.25, 0.3) is 0 Å². The van der Waals surface area contributed by atoms with E-state index in [1.807, 2.05) is 0 Å². The van der Waals surface area contributed by atoms with E-state index in [9.17, 15) is 0 Å². The summed E-state index contributed by atoms with van der Waals surface area (Å²) >= 11 is 0. The summed E-state index contributed by atoms with van der Waals surface area (Å²) < 4.78 is 6.32. The minimum atomic E-state index is 0.0334. The van der Waals surface area contributed by atoms with Gasteiger partial charge in [-0.25, -0.2) is 0 Å². The van der Waals surface area contributed by atoms with Crippen LogP contribution in [0.25, 0.3) is 43.8 Å². The first-order valence-corrected chi connectivity index (χ1v) is 11.7. The van der Waals surface area contributed by atoms with Crippen molar-refractivity contribution in [1.82, 2.24) is 0 Å².